The van der Waals surface area contributed by atoms with Crippen LogP contribution < -0.4 is 21.5 Å². The molecule has 10 nitrogen and oxygen atoms in total. The number of benzene rings is 4. The maximum Gasteiger partial charge on any atom is 0.412 e. The molecule has 1 saturated carbocycles. The normalized spacial score (nSPS) is 16.6. The van der Waals surface area contributed by atoms with Crippen LogP contribution in [0.2, 0.25) is 0 Å². The van der Waals surface area contributed by atoms with E-state index in [4.69, 9.17) is 5.73 Å². The van der Waals surface area contributed by atoms with E-state index in [0.29, 0.717) is 29.6 Å². The fourth-order valence-corrected chi connectivity index (χ4v) is 7.79. The first-order chi connectivity index (χ1) is 25.7. The highest BCUT2D eigenvalue weighted by atomic mass is 16.4. The highest BCUT2D eigenvalue weighted by Crippen LogP contribution is 2.37. The van der Waals surface area contributed by atoms with Crippen LogP contribution in [0.4, 0.5) is 10.5 Å². The number of aromatic nitrogens is 2. The van der Waals surface area contributed by atoms with Crippen LogP contribution in [0.5, 0.6) is 5.75 Å². The number of aryl methyl sites for hydroxylation is 2. The van der Waals surface area contributed by atoms with E-state index >= 15 is 0 Å². The van der Waals surface area contributed by atoms with Crippen molar-refractivity contribution in [3.8, 4) is 16.9 Å². The smallest absolute Gasteiger partial charge is 0.412 e. The average Bonchev–Trinajstić information content (AvgIpc) is 3.57. The fourth-order valence-electron chi connectivity index (χ4n) is 7.79. The number of fused-ring (bicyclic) bond motifs is 2. The summed E-state index contributed by atoms with van der Waals surface area (Å²) in [5, 5.41) is 36.6. The third-order valence-electron chi connectivity index (χ3n) is 10.6. The van der Waals surface area contributed by atoms with Crippen LogP contribution in [0.1, 0.15) is 61.3 Å². The van der Waals surface area contributed by atoms with Gasteiger partial charge in [0.05, 0.1) is 17.3 Å². The molecule has 2 aromatic heterocycles. The average molecular weight is 714 g/mol. The molecule has 7 rings (SSSR count). The van der Waals surface area contributed by atoms with Crippen LogP contribution in [-0.4, -0.2) is 49.6 Å². The van der Waals surface area contributed by atoms with Crippen molar-refractivity contribution in [3.63, 3.8) is 0 Å². The minimum atomic E-state index is -0.918. The molecule has 0 radical (unpaired) electrons. The molecule has 1 atom stereocenters. The summed E-state index contributed by atoms with van der Waals surface area (Å²) in [6.45, 7) is 1.75. The second-order valence-electron chi connectivity index (χ2n) is 14.2. The Hall–Kier alpha value is -5.42. The minimum Gasteiger partial charge on any atom is -0.506 e. The first-order valence-electron chi connectivity index (χ1n) is 18.5. The summed E-state index contributed by atoms with van der Waals surface area (Å²) in [6, 6.07) is 31.1. The van der Waals surface area contributed by atoms with Gasteiger partial charge in [-0.05, 0) is 109 Å². The van der Waals surface area contributed by atoms with Crippen LogP contribution in [0.15, 0.2) is 108 Å². The number of aromatic hydroxyl groups is 1. The Morgan fingerprint density at radius 1 is 0.925 bits per heavy atom. The standard InChI is InChI=1S/C43H47N5O5/c44-32-11-13-33(14-12-32)48(43(52)53)38-25-28(9-15-34(38)30-7-2-1-3-8-30)6-4-5-22-47-23-21-31-24-29(10-18-37(31)47)26-45-27-40(50)35-16-19-39(49)42-36(35)17-20-41(51)46-42/h1-3,7-10,15-21,23-25,32-33,40,45,49-50H,4-6,11-14,22,26-27,44H2,(H,46,51)(H,52,53)/t32?,33?,40-/m1/s1. The van der Waals surface area contributed by atoms with Gasteiger partial charge in [-0.3, -0.25) is 9.69 Å². The van der Waals surface area contributed by atoms with Gasteiger partial charge >= 0.3 is 6.09 Å². The molecule has 1 fully saturated rings. The molecule has 7 N–H and O–H groups in total. The van der Waals surface area contributed by atoms with Crippen molar-refractivity contribution < 1.29 is 20.1 Å². The Morgan fingerprint density at radius 3 is 2.51 bits per heavy atom. The summed E-state index contributed by atoms with van der Waals surface area (Å²) in [6.07, 6.45) is 6.36. The number of unbranched alkanes of at least 4 members (excludes halogenated alkanes) is 1. The highest BCUT2D eigenvalue weighted by molar-refractivity contribution is 5.94. The number of aliphatic hydroxyl groups excluding tert-OH is 1. The Bertz CT molecular complexity index is 2260. The van der Waals surface area contributed by atoms with Gasteiger partial charge in [-0.25, -0.2) is 4.79 Å². The number of carbonyl (C=O) groups is 1. The number of nitrogens with two attached hydrogens (primary N) is 1. The van der Waals surface area contributed by atoms with Gasteiger partial charge in [0.25, 0.3) is 0 Å². The maximum atomic E-state index is 12.7. The molecule has 0 saturated heterocycles. The first kappa shape index (κ1) is 36.0. The predicted molar refractivity (Wildman–Crippen MR) is 210 cm³/mol. The molecular formula is C43H47N5O5. The Labute approximate surface area is 308 Å². The first-order valence-corrected chi connectivity index (χ1v) is 18.5. The summed E-state index contributed by atoms with van der Waals surface area (Å²) in [7, 11) is 0. The van der Waals surface area contributed by atoms with E-state index in [0.717, 1.165) is 90.3 Å². The number of hydrogen-bond acceptors (Lipinski definition) is 6. The summed E-state index contributed by atoms with van der Waals surface area (Å²) >= 11 is 0. The minimum absolute atomic E-state index is 0.0325. The topological polar surface area (TPSA) is 157 Å². The SMILES string of the molecule is NC1CCC(N(C(=O)O)c2cc(CCCCn3ccc4cc(CNC[C@@H](O)c5ccc(O)c6[nH]c(=O)ccc56)ccc43)ccc2-c2ccccc2)CC1. The number of phenols is 1. The molecule has 1 amide bonds. The molecular weight excluding hydrogens is 667 g/mol. The predicted octanol–water partition coefficient (Wildman–Crippen LogP) is 7.46. The molecule has 53 heavy (non-hydrogen) atoms. The number of pyridine rings is 1. The quantitative estimate of drug-likeness (QED) is 0.0679. The van der Waals surface area contributed by atoms with E-state index in [9.17, 15) is 24.9 Å². The van der Waals surface area contributed by atoms with Gasteiger partial charge in [-0.2, -0.15) is 0 Å². The van der Waals surface area contributed by atoms with Crippen LogP contribution in [0.25, 0.3) is 32.9 Å². The zero-order valence-corrected chi connectivity index (χ0v) is 29.7. The Balaban J connectivity index is 0.966. The molecule has 2 heterocycles. The molecule has 0 bridgehead atoms. The van der Waals surface area contributed by atoms with Gasteiger partial charge in [0, 0.05) is 60.4 Å². The van der Waals surface area contributed by atoms with E-state index in [1.165, 1.54) is 12.1 Å². The van der Waals surface area contributed by atoms with Crippen molar-refractivity contribution in [2.45, 2.75) is 76.2 Å². The molecule has 274 valence electrons. The number of carboxylic acid groups (broad SMARTS) is 1. The number of phenolic OH excluding ortho intramolecular Hbond substituents is 1. The lowest BCUT2D eigenvalue weighted by Crippen LogP contribution is -2.44. The van der Waals surface area contributed by atoms with Crippen molar-refractivity contribution in [2.24, 2.45) is 5.73 Å². The zero-order valence-electron chi connectivity index (χ0n) is 29.7. The molecule has 10 heteroatoms. The number of hydrogen-bond donors (Lipinski definition) is 6. The van der Waals surface area contributed by atoms with E-state index < -0.39 is 12.2 Å². The van der Waals surface area contributed by atoms with Crippen LogP contribution in [0, 0.1) is 0 Å². The van der Waals surface area contributed by atoms with Gasteiger partial charge in [-0.1, -0.05) is 54.6 Å². The van der Waals surface area contributed by atoms with Gasteiger partial charge in [0.2, 0.25) is 5.56 Å². The number of amides is 1. The van der Waals surface area contributed by atoms with Gasteiger partial charge < -0.3 is 35.9 Å². The third kappa shape index (κ3) is 8.15. The molecule has 0 aliphatic heterocycles. The lowest BCUT2D eigenvalue weighted by Gasteiger charge is -2.35. The number of aliphatic hydroxyl groups is 1. The second-order valence-corrected chi connectivity index (χ2v) is 14.2. The number of rotatable bonds is 13. The molecule has 4 aromatic carbocycles. The largest absolute Gasteiger partial charge is 0.506 e. The van der Waals surface area contributed by atoms with E-state index in [1.54, 1.807) is 17.0 Å². The number of aromatic amines is 1. The summed E-state index contributed by atoms with van der Waals surface area (Å²) in [5.74, 6) is -0.0325. The monoisotopic (exact) mass is 713 g/mol. The van der Waals surface area contributed by atoms with Crippen molar-refractivity contribution in [3.05, 3.63) is 130 Å². The van der Waals surface area contributed by atoms with E-state index in [2.05, 4.69) is 63.5 Å². The second kappa shape index (κ2) is 16.1. The lowest BCUT2D eigenvalue weighted by atomic mass is 9.89. The summed E-state index contributed by atoms with van der Waals surface area (Å²) in [5.41, 5.74) is 12.9. The molecule has 1 aliphatic carbocycles. The summed E-state index contributed by atoms with van der Waals surface area (Å²) < 4.78 is 2.28. The summed E-state index contributed by atoms with van der Waals surface area (Å²) in [4.78, 5) is 28.7. The maximum absolute atomic E-state index is 12.7. The molecule has 1 aliphatic rings. The highest BCUT2D eigenvalue weighted by Gasteiger charge is 2.30. The van der Waals surface area contributed by atoms with Crippen LogP contribution >= 0.6 is 0 Å². The van der Waals surface area contributed by atoms with Gasteiger partial charge in [-0.15, -0.1) is 0 Å². The van der Waals surface area contributed by atoms with Gasteiger partial charge in [0.15, 0.2) is 0 Å². The Kier molecular flexibility index (Phi) is 10.9. The van der Waals surface area contributed by atoms with Crippen LogP contribution in [0.3, 0.4) is 0 Å². The number of nitrogens with one attached hydrogen (secondary N) is 2. The van der Waals surface area contributed by atoms with E-state index in [-0.39, 0.29) is 23.4 Å². The van der Waals surface area contributed by atoms with Crippen molar-refractivity contribution in [2.75, 3.05) is 11.4 Å². The molecule has 6 aromatic rings. The van der Waals surface area contributed by atoms with Crippen molar-refractivity contribution in [1.82, 2.24) is 14.9 Å². The zero-order chi connectivity index (χ0) is 36.9. The van der Waals surface area contributed by atoms with E-state index in [1.807, 2.05) is 30.3 Å². The Morgan fingerprint density at radius 2 is 1.72 bits per heavy atom. The van der Waals surface area contributed by atoms with Crippen molar-refractivity contribution in [1.29, 1.82) is 0 Å². The number of H-pyrrole nitrogens is 1. The number of anilines is 1. The number of nitrogens with zero attached hydrogens (tertiary/aromatic N) is 2. The van der Waals surface area contributed by atoms with Gasteiger partial charge in [0.1, 0.15) is 5.75 Å². The third-order valence-corrected chi connectivity index (χ3v) is 10.6. The fraction of sp³-hybridized carbons (Fsp3) is 0.302. The lowest BCUT2D eigenvalue weighted by molar-refractivity contribution is 0.176. The van der Waals surface area contributed by atoms with Crippen molar-refractivity contribution >= 4 is 33.6 Å². The molecule has 0 spiro atoms. The molecule has 0 unspecified atom stereocenters. The van der Waals surface area contributed by atoms with Crippen LogP contribution in [-0.2, 0) is 19.5 Å².